The van der Waals surface area contributed by atoms with Crippen molar-refractivity contribution in [1.29, 1.82) is 0 Å². The number of carbonyl (C=O) groups is 2. The van der Waals surface area contributed by atoms with Crippen molar-refractivity contribution in [2.24, 2.45) is 15.7 Å². The molecule has 238 valence electrons. The number of rotatable bonds is 9. The van der Waals surface area contributed by atoms with Crippen LogP contribution in [0.1, 0.15) is 55.1 Å². The molecule has 2 unspecified atom stereocenters. The predicted octanol–water partition coefficient (Wildman–Crippen LogP) is 3.87. The first-order chi connectivity index (χ1) is 21.0. The van der Waals surface area contributed by atoms with E-state index in [0.29, 0.717) is 29.8 Å². The van der Waals surface area contributed by atoms with Crippen molar-refractivity contribution in [2.45, 2.75) is 50.6 Å². The molecule has 2 heterocycles. The number of sulfonamides is 2. The van der Waals surface area contributed by atoms with Gasteiger partial charge in [0.1, 0.15) is 22.2 Å². The van der Waals surface area contributed by atoms with Crippen LogP contribution in [0.25, 0.3) is 0 Å². The fourth-order valence-electron chi connectivity index (χ4n) is 5.63. The van der Waals surface area contributed by atoms with E-state index < -0.39 is 43.1 Å². The average Bonchev–Trinajstić information content (AvgIpc) is 2.96. The number of anilines is 2. The maximum Gasteiger partial charge on any atom is 0.286 e. The molecule has 45 heavy (non-hydrogen) atoms. The molecule has 3 N–H and O–H groups in total. The van der Waals surface area contributed by atoms with Gasteiger partial charge in [0.05, 0.1) is 19.1 Å². The lowest BCUT2D eigenvalue weighted by Gasteiger charge is -2.43. The molecule has 12 nitrogen and oxygen atoms in total. The first-order valence-corrected chi connectivity index (χ1v) is 17.5. The number of Topliss-reactive ketones (excluding diaryl/α,β-unsaturated/α-hetero) is 2. The zero-order chi connectivity index (χ0) is 32.8. The summed E-state index contributed by atoms with van der Waals surface area (Å²) in [5.74, 6) is -2.64. The van der Waals surface area contributed by atoms with E-state index in [0.717, 1.165) is 12.3 Å². The van der Waals surface area contributed by atoms with Crippen LogP contribution in [0.15, 0.2) is 70.1 Å². The molecule has 2 aliphatic rings. The molecule has 2 aromatic carbocycles. The smallest absolute Gasteiger partial charge is 0.286 e. The van der Waals surface area contributed by atoms with Gasteiger partial charge in [-0.3, -0.25) is 19.6 Å². The van der Waals surface area contributed by atoms with E-state index in [4.69, 9.17) is 4.74 Å². The number of hydrogen-bond acceptors (Lipinski definition) is 10. The molecule has 0 radical (unpaired) electrons. The molecule has 2 atom stereocenters. The van der Waals surface area contributed by atoms with Gasteiger partial charge in [0.15, 0.2) is 11.6 Å². The summed E-state index contributed by atoms with van der Waals surface area (Å²) in [6.07, 6.45) is 3.43. The Labute approximate surface area is 262 Å². The summed E-state index contributed by atoms with van der Waals surface area (Å²) < 4.78 is 61.9. The molecule has 1 aromatic heterocycles. The van der Waals surface area contributed by atoms with Crippen LogP contribution in [-0.2, 0) is 36.9 Å². The molecule has 0 saturated heterocycles. The number of pyridine rings is 1. The second kappa shape index (κ2) is 11.7. The van der Waals surface area contributed by atoms with Crippen LogP contribution in [0.5, 0.6) is 5.88 Å². The Bertz CT molecular complexity index is 1940. The lowest BCUT2D eigenvalue weighted by molar-refractivity contribution is -0.128. The number of nitrogens with zero attached hydrogens (tertiary/aromatic N) is 2. The molecule has 0 fully saturated rings. The van der Waals surface area contributed by atoms with Gasteiger partial charge in [-0.15, -0.1) is 4.40 Å². The van der Waals surface area contributed by atoms with Gasteiger partial charge in [-0.1, -0.05) is 51.1 Å². The Balaban J connectivity index is 1.62. The Hall–Kier alpha value is -4.14. The number of carbonyl (C=O) groups excluding carboxylic acids is 2. The molecule has 0 saturated carbocycles. The molecule has 0 amide bonds. The molecular weight excluding hydrogens is 619 g/mol. The van der Waals surface area contributed by atoms with Crippen molar-refractivity contribution in [3.8, 4) is 5.88 Å². The Kier molecular flexibility index (Phi) is 8.36. The van der Waals surface area contributed by atoms with Crippen molar-refractivity contribution in [3.05, 3.63) is 77.5 Å². The quantitative estimate of drug-likeness (QED) is 0.288. The summed E-state index contributed by atoms with van der Waals surface area (Å²) in [5.41, 5.74) is -0.0328. The molecule has 0 spiro atoms. The minimum Gasteiger partial charge on any atom is -0.481 e. The number of aromatic nitrogens is 1. The minimum atomic E-state index is -4.44. The number of benzene rings is 2. The third kappa shape index (κ3) is 6.49. The Morgan fingerprint density at radius 2 is 1.80 bits per heavy atom. The maximum atomic E-state index is 14.8. The summed E-state index contributed by atoms with van der Waals surface area (Å²) in [7, 11) is -6.62. The number of ether oxygens (including phenoxy) is 1. The van der Waals surface area contributed by atoms with Crippen molar-refractivity contribution < 1.29 is 31.2 Å². The molecule has 5 rings (SSSR count). The van der Waals surface area contributed by atoms with Crippen LogP contribution in [0, 0.1) is 11.3 Å². The van der Waals surface area contributed by atoms with Gasteiger partial charge in [0.25, 0.3) is 10.0 Å². The largest absolute Gasteiger partial charge is 0.481 e. The van der Waals surface area contributed by atoms with Crippen molar-refractivity contribution in [3.63, 3.8) is 0 Å². The number of nitrogens with one attached hydrogen (secondary N) is 3. The summed E-state index contributed by atoms with van der Waals surface area (Å²) in [6.45, 7) is 6.32. The van der Waals surface area contributed by atoms with Gasteiger partial charge in [-0.25, -0.2) is 13.4 Å². The normalized spacial score (nSPS) is 20.8. The standard InChI is InChI=1S/C31H35N5O7S2/c1-30(2,3)14-15-31(33-18-19-9-8-16-32-29(19)43-4)22-11-7-6-10-21(22)26(37)25(27(31)38)28-34-23-13-12-20(35-44(5,39)40)17-24(23)45(41,42)36-28/h6-13,16-17,25,33,35H,14-15,18H2,1-5H3,(H,34,36). The lowest BCUT2D eigenvalue weighted by Crippen LogP contribution is -2.59. The highest BCUT2D eigenvalue weighted by Crippen LogP contribution is 2.43. The summed E-state index contributed by atoms with van der Waals surface area (Å²) in [4.78, 5) is 32.8. The van der Waals surface area contributed by atoms with Crippen molar-refractivity contribution in [2.75, 3.05) is 23.4 Å². The maximum absolute atomic E-state index is 14.8. The van der Waals surface area contributed by atoms with E-state index >= 15 is 0 Å². The molecular formula is C31H35N5O7S2. The van der Waals surface area contributed by atoms with Gasteiger partial charge in [0.2, 0.25) is 15.9 Å². The first kappa shape index (κ1) is 32.3. The minimum absolute atomic E-state index is 0.0234. The summed E-state index contributed by atoms with van der Waals surface area (Å²) in [6, 6.07) is 14.3. The fraction of sp³-hybridized carbons (Fsp3) is 0.355. The van der Waals surface area contributed by atoms with Crippen LogP contribution in [0.3, 0.4) is 0 Å². The topological polar surface area (TPSA) is 173 Å². The third-order valence-electron chi connectivity index (χ3n) is 7.79. The number of amidine groups is 1. The van der Waals surface area contributed by atoms with Crippen LogP contribution in [-0.4, -0.2) is 52.6 Å². The predicted molar refractivity (Wildman–Crippen MR) is 170 cm³/mol. The van der Waals surface area contributed by atoms with Crippen molar-refractivity contribution in [1.82, 2.24) is 10.3 Å². The average molecular weight is 654 g/mol. The van der Waals surface area contributed by atoms with Crippen LogP contribution in [0.2, 0.25) is 0 Å². The molecule has 14 heteroatoms. The Morgan fingerprint density at radius 3 is 2.49 bits per heavy atom. The zero-order valence-corrected chi connectivity index (χ0v) is 27.2. The van der Waals surface area contributed by atoms with E-state index in [1.807, 2.05) is 6.07 Å². The number of methoxy groups -OCH3 is 1. The van der Waals surface area contributed by atoms with Gasteiger partial charge >= 0.3 is 0 Å². The number of ketones is 2. The van der Waals surface area contributed by atoms with Gasteiger partial charge < -0.3 is 10.1 Å². The number of hydrogen-bond donors (Lipinski definition) is 3. The highest BCUT2D eigenvalue weighted by molar-refractivity contribution is 7.92. The fourth-order valence-corrected chi connectivity index (χ4v) is 7.37. The highest BCUT2D eigenvalue weighted by atomic mass is 32.2. The van der Waals surface area contributed by atoms with Crippen LogP contribution < -0.4 is 20.1 Å². The third-order valence-corrected chi connectivity index (χ3v) is 9.73. The Morgan fingerprint density at radius 1 is 1.07 bits per heavy atom. The van der Waals surface area contributed by atoms with Crippen LogP contribution >= 0.6 is 0 Å². The van der Waals surface area contributed by atoms with Gasteiger partial charge in [-0.05, 0) is 48.1 Å². The zero-order valence-electron chi connectivity index (χ0n) is 25.5. The monoisotopic (exact) mass is 653 g/mol. The second-order valence-electron chi connectivity index (χ2n) is 12.4. The van der Waals surface area contributed by atoms with E-state index in [9.17, 15) is 26.4 Å². The highest BCUT2D eigenvalue weighted by Gasteiger charge is 2.54. The summed E-state index contributed by atoms with van der Waals surface area (Å²) >= 11 is 0. The lowest BCUT2D eigenvalue weighted by atomic mass is 9.66. The van der Waals surface area contributed by atoms with E-state index in [1.54, 1.807) is 36.5 Å². The molecule has 3 aromatic rings. The summed E-state index contributed by atoms with van der Waals surface area (Å²) in [5, 5.41) is 6.34. The van der Waals surface area contributed by atoms with Gasteiger partial charge in [-0.2, -0.15) is 8.42 Å². The van der Waals surface area contributed by atoms with Crippen LogP contribution in [0.4, 0.5) is 11.4 Å². The molecule has 0 bridgehead atoms. The number of fused-ring (bicyclic) bond motifs is 2. The molecule has 1 aliphatic heterocycles. The SMILES string of the molecule is COc1ncccc1CNC1(CCC(C)(C)C)C(=O)C(C2=NS(=O)(=O)c3cc(NS(C)(=O)=O)ccc3N2)C(=O)c2ccccc21. The van der Waals surface area contributed by atoms with Gasteiger partial charge in [0, 0.05) is 29.6 Å². The first-order valence-electron chi connectivity index (χ1n) is 14.2. The van der Waals surface area contributed by atoms with E-state index in [2.05, 4.69) is 45.5 Å². The molecule has 1 aliphatic carbocycles. The van der Waals surface area contributed by atoms with E-state index in [1.165, 1.54) is 19.2 Å². The van der Waals surface area contributed by atoms with E-state index in [-0.39, 0.29) is 39.6 Å². The second-order valence-corrected chi connectivity index (χ2v) is 15.7. The van der Waals surface area contributed by atoms with Crippen molar-refractivity contribution >= 4 is 48.8 Å².